The Morgan fingerprint density at radius 2 is 1.54 bits per heavy atom. The Kier molecular flexibility index (Phi) is 5.26. The fourth-order valence-corrected chi connectivity index (χ4v) is 3.28. The van der Waals surface area contributed by atoms with Crippen LogP contribution in [0.1, 0.15) is 31.8 Å². The van der Waals surface area contributed by atoms with E-state index in [0.717, 1.165) is 16.7 Å². The van der Waals surface area contributed by atoms with Gasteiger partial charge in [-0.3, -0.25) is 9.59 Å². The van der Waals surface area contributed by atoms with Crippen LogP contribution in [0.4, 0.5) is 0 Å². The number of piperazine rings is 1. The van der Waals surface area contributed by atoms with Gasteiger partial charge >= 0.3 is 0 Å². The predicted molar refractivity (Wildman–Crippen MR) is 101 cm³/mol. The van der Waals surface area contributed by atoms with E-state index in [0.29, 0.717) is 37.5 Å². The van der Waals surface area contributed by atoms with Crippen LogP contribution in [0, 0.1) is 13.8 Å². The van der Waals surface area contributed by atoms with Crippen molar-refractivity contribution in [3.63, 3.8) is 0 Å². The zero-order valence-electron chi connectivity index (χ0n) is 15.5. The van der Waals surface area contributed by atoms with Crippen LogP contribution in [0.3, 0.4) is 0 Å². The molecule has 136 valence electrons. The number of methoxy groups -OCH3 is 1. The molecule has 0 saturated carbocycles. The van der Waals surface area contributed by atoms with E-state index in [-0.39, 0.29) is 11.8 Å². The molecule has 0 atom stereocenters. The highest BCUT2D eigenvalue weighted by Gasteiger charge is 2.26. The van der Waals surface area contributed by atoms with Crippen LogP contribution < -0.4 is 4.74 Å². The molecule has 1 fully saturated rings. The van der Waals surface area contributed by atoms with E-state index in [2.05, 4.69) is 0 Å². The number of amides is 2. The molecular weight excluding hydrogens is 328 g/mol. The minimum atomic E-state index is -0.0254. The Hall–Kier alpha value is -2.82. The van der Waals surface area contributed by atoms with Crippen molar-refractivity contribution in [2.75, 3.05) is 33.3 Å². The van der Waals surface area contributed by atoms with Gasteiger partial charge in [0.15, 0.2) is 0 Å². The smallest absolute Gasteiger partial charge is 0.254 e. The lowest BCUT2D eigenvalue weighted by Crippen LogP contribution is -2.50. The molecule has 5 heteroatoms. The minimum absolute atomic E-state index is 0.0254. The normalized spacial score (nSPS) is 14.3. The van der Waals surface area contributed by atoms with E-state index in [9.17, 15) is 9.59 Å². The Morgan fingerprint density at radius 3 is 2.15 bits per heavy atom. The Labute approximate surface area is 154 Å². The van der Waals surface area contributed by atoms with Gasteiger partial charge in [0.1, 0.15) is 5.75 Å². The summed E-state index contributed by atoms with van der Waals surface area (Å²) in [7, 11) is 1.58. The number of carbonyl (C=O) groups excluding carboxylic acids is 2. The Morgan fingerprint density at radius 1 is 0.885 bits per heavy atom. The SMILES string of the molecule is COc1cccc(C(=O)N2CCN(C(=O)c3ccc(C)cc3C)CC2)c1. The first-order valence-electron chi connectivity index (χ1n) is 8.79. The first-order chi connectivity index (χ1) is 12.5. The second-order valence-electron chi connectivity index (χ2n) is 6.63. The van der Waals surface area contributed by atoms with Gasteiger partial charge in [-0.25, -0.2) is 0 Å². The highest BCUT2D eigenvalue weighted by Crippen LogP contribution is 2.18. The van der Waals surface area contributed by atoms with Gasteiger partial charge in [-0.05, 0) is 43.7 Å². The van der Waals surface area contributed by atoms with Gasteiger partial charge in [0.05, 0.1) is 7.11 Å². The molecule has 0 spiro atoms. The third-order valence-corrected chi connectivity index (χ3v) is 4.78. The second kappa shape index (κ2) is 7.60. The Balaban J connectivity index is 1.65. The van der Waals surface area contributed by atoms with E-state index in [1.54, 1.807) is 24.1 Å². The van der Waals surface area contributed by atoms with Crippen LogP contribution in [-0.4, -0.2) is 54.9 Å². The van der Waals surface area contributed by atoms with Gasteiger partial charge in [0, 0.05) is 37.3 Å². The molecule has 0 radical (unpaired) electrons. The highest BCUT2D eigenvalue weighted by molar-refractivity contribution is 5.97. The summed E-state index contributed by atoms with van der Waals surface area (Å²) in [4.78, 5) is 29.1. The number of carbonyl (C=O) groups is 2. The van der Waals surface area contributed by atoms with Crippen molar-refractivity contribution in [1.29, 1.82) is 0 Å². The van der Waals surface area contributed by atoms with Crippen molar-refractivity contribution >= 4 is 11.8 Å². The van der Waals surface area contributed by atoms with Crippen LogP contribution in [0.2, 0.25) is 0 Å². The van der Waals surface area contributed by atoms with Gasteiger partial charge < -0.3 is 14.5 Å². The maximum atomic E-state index is 12.8. The van der Waals surface area contributed by atoms with Crippen LogP contribution >= 0.6 is 0 Å². The third-order valence-electron chi connectivity index (χ3n) is 4.78. The maximum absolute atomic E-state index is 12.8. The van der Waals surface area contributed by atoms with Crippen LogP contribution in [-0.2, 0) is 0 Å². The van der Waals surface area contributed by atoms with Crippen LogP contribution in [0.25, 0.3) is 0 Å². The van der Waals surface area contributed by atoms with E-state index in [1.165, 1.54) is 0 Å². The second-order valence-corrected chi connectivity index (χ2v) is 6.63. The molecular formula is C21H24N2O3. The summed E-state index contributed by atoms with van der Waals surface area (Å²) in [5.74, 6) is 0.679. The molecule has 3 rings (SSSR count). The molecule has 1 saturated heterocycles. The summed E-state index contributed by atoms with van der Waals surface area (Å²) in [6.07, 6.45) is 0. The van der Waals surface area contributed by atoms with Crippen LogP contribution in [0.5, 0.6) is 5.75 Å². The zero-order chi connectivity index (χ0) is 18.7. The third kappa shape index (κ3) is 3.72. The average Bonchev–Trinajstić information content (AvgIpc) is 2.67. The molecule has 0 bridgehead atoms. The number of aryl methyl sites for hydroxylation is 2. The largest absolute Gasteiger partial charge is 0.497 e. The summed E-state index contributed by atoms with van der Waals surface area (Å²) in [5, 5.41) is 0. The van der Waals surface area contributed by atoms with Gasteiger partial charge in [0.2, 0.25) is 0 Å². The maximum Gasteiger partial charge on any atom is 0.254 e. The van der Waals surface area contributed by atoms with Crippen molar-refractivity contribution in [2.24, 2.45) is 0 Å². The molecule has 5 nitrogen and oxygen atoms in total. The topological polar surface area (TPSA) is 49.9 Å². The van der Waals surface area contributed by atoms with E-state index in [4.69, 9.17) is 4.74 Å². The number of hydrogen-bond donors (Lipinski definition) is 0. The summed E-state index contributed by atoms with van der Waals surface area (Å²) < 4.78 is 5.19. The minimum Gasteiger partial charge on any atom is -0.497 e. The molecule has 1 aliphatic rings. The molecule has 2 aromatic rings. The number of hydrogen-bond acceptors (Lipinski definition) is 3. The lowest BCUT2D eigenvalue weighted by molar-refractivity contribution is 0.0535. The molecule has 0 N–H and O–H groups in total. The van der Waals surface area contributed by atoms with Crippen molar-refractivity contribution in [2.45, 2.75) is 13.8 Å². The van der Waals surface area contributed by atoms with E-state index >= 15 is 0 Å². The lowest BCUT2D eigenvalue weighted by Gasteiger charge is -2.35. The van der Waals surface area contributed by atoms with Gasteiger partial charge in [0.25, 0.3) is 11.8 Å². The number of rotatable bonds is 3. The van der Waals surface area contributed by atoms with Gasteiger partial charge in [-0.2, -0.15) is 0 Å². The average molecular weight is 352 g/mol. The summed E-state index contributed by atoms with van der Waals surface area (Å²) in [6, 6.07) is 13.0. The number of nitrogens with zero attached hydrogens (tertiary/aromatic N) is 2. The van der Waals surface area contributed by atoms with Gasteiger partial charge in [-0.15, -0.1) is 0 Å². The monoisotopic (exact) mass is 352 g/mol. The molecule has 0 aliphatic carbocycles. The predicted octanol–water partition coefficient (Wildman–Crippen LogP) is 2.91. The number of benzene rings is 2. The summed E-state index contributed by atoms with van der Waals surface area (Å²) >= 11 is 0. The highest BCUT2D eigenvalue weighted by atomic mass is 16.5. The van der Waals surface area contributed by atoms with Crippen molar-refractivity contribution in [3.05, 3.63) is 64.7 Å². The van der Waals surface area contributed by atoms with Crippen LogP contribution in [0.15, 0.2) is 42.5 Å². The fraction of sp³-hybridized carbons (Fsp3) is 0.333. The molecule has 0 unspecified atom stereocenters. The molecule has 1 heterocycles. The molecule has 26 heavy (non-hydrogen) atoms. The Bertz CT molecular complexity index is 824. The summed E-state index contributed by atoms with van der Waals surface area (Å²) in [5.41, 5.74) is 3.49. The van der Waals surface area contributed by atoms with Crippen molar-refractivity contribution in [3.8, 4) is 5.75 Å². The van der Waals surface area contributed by atoms with Gasteiger partial charge in [-0.1, -0.05) is 23.8 Å². The molecule has 1 aliphatic heterocycles. The van der Waals surface area contributed by atoms with E-state index in [1.807, 2.05) is 49.1 Å². The standard InChI is InChI=1S/C21H24N2O3/c1-15-7-8-19(16(2)13-15)21(25)23-11-9-22(10-12-23)20(24)17-5-4-6-18(14-17)26-3/h4-8,13-14H,9-12H2,1-3H3. The van der Waals surface area contributed by atoms with Crippen molar-refractivity contribution in [1.82, 2.24) is 9.80 Å². The first kappa shape index (κ1) is 18.0. The van der Waals surface area contributed by atoms with E-state index < -0.39 is 0 Å². The zero-order valence-corrected chi connectivity index (χ0v) is 15.5. The quantitative estimate of drug-likeness (QED) is 0.853. The van der Waals surface area contributed by atoms with Crippen molar-refractivity contribution < 1.29 is 14.3 Å². The summed E-state index contributed by atoms with van der Waals surface area (Å²) in [6.45, 7) is 6.14. The molecule has 2 amide bonds. The molecule has 0 aromatic heterocycles. The molecule has 2 aromatic carbocycles. The number of ether oxygens (including phenoxy) is 1. The lowest BCUT2D eigenvalue weighted by atomic mass is 10.0. The first-order valence-corrected chi connectivity index (χ1v) is 8.79. The fourth-order valence-electron chi connectivity index (χ4n) is 3.28.